The SMILES string of the molecule is CCc1ccccc1NC(=O)COc1ccc(/C=N\NC(=O)C(=O)N[C@H](C)CC)cc1OC. The first-order valence-corrected chi connectivity index (χ1v) is 10.7. The minimum atomic E-state index is -0.853. The van der Waals surface area contributed by atoms with Gasteiger partial charge in [-0.05, 0) is 55.2 Å². The van der Waals surface area contributed by atoms with Gasteiger partial charge in [-0.25, -0.2) is 5.43 Å². The number of anilines is 1. The van der Waals surface area contributed by atoms with E-state index in [-0.39, 0.29) is 18.6 Å². The second-order valence-corrected chi connectivity index (χ2v) is 7.24. The molecule has 1 atom stereocenters. The molecule has 9 nitrogen and oxygen atoms in total. The van der Waals surface area contributed by atoms with Crippen molar-refractivity contribution < 1.29 is 23.9 Å². The van der Waals surface area contributed by atoms with Gasteiger partial charge in [-0.1, -0.05) is 32.0 Å². The molecule has 33 heavy (non-hydrogen) atoms. The monoisotopic (exact) mass is 454 g/mol. The quantitative estimate of drug-likeness (QED) is 0.290. The molecule has 2 rings (SSSR count). The summed E-state index contributed by atoms with van der Waals surface area (Å²) in [5.41, 5.74) is 4.57. The van der Waals surface area contributed by atoms with Crippen molar-refractivity contribution in [1.29, 1.82) is 0 Å². The number of nitrogens with one attached hydrogen (secondary N) is 3. The highest BCUT2D eigenvalue weighted by Gasteiger charge is 2.14. The number of ether oxygens (including phenoxy) is 2. The molecular formula is C24H30N4O5. The molecule has 0 heterocycles. The number of carbonyl (C=O) groups is 3. The Labute approximate surface area is 193 Å². The molecule has 2 aromatic carbocycles. The third-order valence-electron chi connectivity index (χ3n) is 4.79. The Hall–Kier alpha value is -3.88. The van der Waals surface area contributed by atoms with E-state index in [4.69, 9.17) is 9.47 Å². The summed E-state index contributed by atoms with van der Waals surface area (Å²) in [6, 6.07) is 12.4. The summed E-state index contributed by atoms with van der Waals surface area (Å²) in [6.07, 6.45) is 2.89. The van der Waals surface area contributed by atoms with Crippen molar-refractivity contribution in [3.63, 3.8) is 0 Å². The number of para-hydroxylation sites is 1. The minimum absolute atomic E-state index is 0.104. The van der Waals surface area contributed by atoms with Gasteiger partial charge in [0.25, 0.3) is 5.91 Å². The molecular weight excluding hydrogens is 424 g/mol. The standard InChI is InChI=1S/C24H30N4O5/c1-5-16(3)26-23(30)24(31)28-25-14-17-11-12-20(21(13-17)32-4)33-15-22(29)27-19-10-8-7-9-18(19)6-2/h7-14,16H,5-6,15H2,1-4H3,(H,26,30)(H,27,29)(H,28,31)/b25-14-/t16-/m1/s1. The van der Waals surface area contributed by atoms with E-state index in [1.807, 2.05) is 38.1 Å². The fraction of sp³-hybridized carbons (Fsp3) is 0.333. The lowest BCUT2D eigenvalue weighted by Gasteiger charge is -2.13. The Balaban J connectivity index is 1.93. The summed E-state index contributed by atoms with van der Waals surface area (Å²) in [5.74, 6) is -1.12. The molecule has 0 aromatic heterocycles. The average molecular weight is 455 g/mol. The van der Waals surface area contributed by atoms with E-state index < -0.39 is 11.8 Å². The summed E-state index contributed by atoms with van der Waals surface area (Å²) in [5, 5.41) is 9.19. The lowest BCUT2D eigenvalue weighted by Crippen LogP contribution is -2.41. The van der Waals surface area contributed by atoms with Gasteiger partial charge in [-0.2, -0.15) is 5.10 Å². The number of aryl methyl sites for hydroxylation is 1. The van der Waals surface area contributed by atoms with Gasteiger partial charge >= 0.3 is 11.8 Å². The summed E-state index contributed by atoms with van der Waals surface area (Å²) < 4.78 is 10.9. The molecule has 9 heteroatoms. The zero-order chi connectivity index (χ0) is 24.2. The van der Waals surface area contributed by atoms with E-state index in [0.29, 0.717) is 23.5 Å². The number of hydrogen-bond donors (Lipinski definition) is 3. The van der Waals surface area contributed by atoms with E-state index in [1.165, 1.54) is 13.3 Å². The van der Waals surface area contributed by atoms with Crippen LogP contribution in [0.4, 0.5) is 5.69 Å². The van der Waals surface area contributed by atoms with Crippen LogP contribution < -0.4 is 25.5 Å². The van der Waals surface area contributed by atoms with Gasteiger partial charge < -0.3 is 20.1 Å². The normalized spacial score (nSPS) is 11.5. The number of benzene rings is 2. The van der Waals surface area contributed by atoms with Crippen LogP contribution in [-0.2, 0) is 20.8 Å². The molecule has 0 unspecified atom stereocenters. The first-order chi connectivity index (χ1) is 15.9. The molecule has 0 aliphatic rings. The highest BCUT2D eigenvalue weighted by atomic mass is 16.5. The smallest absolute Gasteiger partial charge is 0.329 e. The Morgan fingerprint density at radius 3 is 2.52 bits per heavy atom. The predicted molar refractivity (Wildman–Crippen MR) is 127 cm³/mol. The van der Waals surface area contributed by atoms with Gasteiger partial charge in [0, 0.05) is 11.7 Å². The Kier molecular flexibility index (Phi) is 9.88. The maximum absolute atomic E-state index is 12.3. The second-order valence-electron chi connectivity index (χ2n) is 7.24. The molecule has 2 aromatic rings. The van der Waals surface area contributed by atoms with Gasteiger partial charge in [0.15, 0.2) is 18.1 Å². The number of nitrogens with zero attached hydrogens (tertiary/aromatic N) is 1. The fourth-order valence-electron chi connectivity index (χ4n) is 2.77. The number of methoxy groups -OCH3 is 1. The van der Waals surface area contributed by atoms with Gasteiger partial charge in [0.1, 0.15) is 0 Å². The zero-order valence-electron chi connectivity index (χ0n) is 19.3. The van der Waals surface area contributed by atoms with Crippen LogP contribution in [-0.4, -0.2) is 43.7 Å². The maximum Gasteiger partial charge on any atom is 0.329 e. The largest absolute Gasteiger partial charge is 0.493 e. The van der Waals surface area contributed by atoms with Crippen molar-refractivity contribution in [2.24, 2.45) is 5.10 Å². The summed E-state index contributed by atoms with van der Waals surface area (Å²) >= 11 is 0. The van der Waals surface area contributed by atoms with Gasteiger partial charge in [0.2, 0.25) is 0 Å². The minimum Gasteiger partial charge on any atom is -0.493 e. The number of hydrazone groups is 1. The fourth-order valence-corrected chi connectivity index (χ4v) is 2.77. The lowest BCUT2D eigenvalue weighted by atomic mass is 10.1. The molecule has 0 aliphatic heterocycles. The Morgan fingerprint density at radius 1 is 1.06 bits per heavy atom. The van der Waals surface area contributed by atoms with Crippen molar-refractivity contribution in [3.8, 4) is 11.5 Å². The van der Waals surface area contributed by atoms with Crippen molar-refractivity contribution >= 4 is 29.6 Å². The molecule has 0 radical (unpaired) electrons. The predicted octanol–water partition coefficient (Wildman–Crippen LogP) is 2.64. The van der Waals surface area contributed by atoms with E-state index in [1.54, 1.807) is 25.1 Å². The summed E-state index contributed by atoms with van der Waals surface area (Å²) in [4.78, 5) is 35.8. The zero-order valence-corrected chi connectivity index (χ0v) is 19.3. The molecule has 3 amide bonds. The van der Waals surface area contributed by atoms with Crippen molar-refractivity contribution in [1.82, 2.24) is 10.7 Å². The lowest BCUT2D eigenvalue weighted by molar-refractivity contribution is -0.139. The van der Waals surface area contributed by atoms with Crippen LogP contribution in [0.15, 0.2) is 47.6 Å². The number of hydrogen-bond acceptors (Lipinski definition) is 6. The van der Waals surface area contributed by atoms with E-state index in [9.17, 15) is 14.4 Å². The van der Waals surface area contributed by atoms with E-state index in [2.05, 4.69) is 21.2 Å². The van der Waals surface area contributed by atoms with Crippen LogP contribution in [0, 0.1) is 0 Å². The highest BCUT2D eigenvalue weighted by Crippen LogP contribution is 2.27. The summed E-state index contributed by atoms with van der Waals surface area (Å²) in [6.45, 7) is 5.53. The Bertz CT molecular complexity index is 1010. The third kappa shape index (κ3) is 7.95. The highest BCUT2D eigenvalue weighted by molar-refractivity contribution is 6.35. The van der Waals surface area contributed by atoms with Crippen LogP contribution in [0.25, 0.3) is 0 Å². The number of amides is 3. The van der Waals surface area contributed by atoms with Crippen LogP contribution in [0.2, 0.25) is 0 Å². The van der Waals surface area contributed by atoms with Crippen LogP contribution in [0.3, 0.4) is 0 Å². The van der Waals surface area contributed by atoms with Crippen molar-refractivity contribution in [2.75, 3.05) is 19.0 Å². The number of carbonyl (C=O) groups excluding carboxylic acids is 3. The molecule has 0 fully saturated rings. The third-order valence-corrected chi connectivity index (χ3v) is 4.79. The maximum atomic E-state index is 12.3. The average Bonchev–Trinajstić information content (AvgIpc) is 2.83. The molecule has 0 spiro atoms. The topological polar surface area (TPSA) is 118 Å². The van der Waals surface area contributed by atoms with Crippen molar-refractivity contribution in [2.45, 2.75) is 39.7 Å². The van der Waals surface area contributed by atoms with E-state index >= 15 is 0 Å². The summed E-state index contributed by atoms with van der Waals surface area (Å²) in [7, 11) is 1.47. The first-order valence-electron chi connectivity index (χ1n) is 10.7. The van der Waals surface area contributed by atoms with Crippen molar-refractivity contribution in [3.05, 3.63) is 53.6 Å². The Morgan fingerprint density at radius 2 is 1.82 bits per heavy atom. The second kappa shape index (κ2) is 12.8. The van der Waals surface area contributed by atoms with Gasteiger partial charge in [-0.15, -0.1) is 0 Å². The molecule has 0 saturated carbocycles. The van der Waals surface area contributed by atoms with E-state index in [0.717, 1.165) is 17.7 Å². The molecule has 0 aliphatic carbocycles. The first kappa shape index (κ1) is 25.4. The molecule has 3 N–H and O–H groups in total. The van der Waals surface area contributed by atoms with Gasteiger partial charge in [0.05, 0.1) is 13.3 Å². The molecule has 176 valence electrons. The van der Waals surface area contributed by atoms with Gasteiger partial charge in [-0.3, -0.25) is 14.4 Å². The number of rotatable bonds is 10. The molecule has 0 saturated heterocycles. The van der Waals surface area contributed by atoms with Crippen LogP contribution in [0.5, 0.6) is 11.5 Å². The molecule has 0 bridgehead atoms. The van der Waals surface area contributed by atoms with Crippen LogP contribution >= 0.6 is 0 Å². The van der Waals surface area contributed by atoms with Crippen LogP contribution in [0.1, 0.15) is 38.3 Å².